The molecule has 0 spiro atoms. The number of aliphatic hydroxyl groups excluding tert-OH is 1. The van der Waals surface area contributed by atoms with Crippen LogP contribution >= 0.6 is 15.6 Å². The van der Waals surface area contributed by atoms with Gasteiger partial charge in [-0.1, -0.05) is 343 Å². The Kier molecular flexibility index (Phi) is 66.5. The molecule has 0 fully saturated rings. The summed E-state index contributed by atoms with van der Waals surface area (Å²) in [5.41, 5.74) is 0. The number of carbonyl (C=O) groups is 4. The van der Waals surface area contributed by atoms with E-state index in [1.807, 2.05) is 0 Å². The number of unbranched alkanes of at least 4 members (excludes halogenated alkanes) is 44. The van der Waals surface area contributed by atoms with Crippen molar-refractivity contribution in [1.82, 2.24) is 0 Å². The van der Waals surface area contributed by atoms with Crippen LogP contribution in [0, 0.1) is 11.8 Å². The van der Waals surface area contributed by atoms with Crippen molar-refractivity contribution in [3.05, 3.63) is 0 Å². The largest absolute Gasteiger partial charge is 0.472 e. The van der Waals surface area contributed by atoms with Gasteiger partial charge in [-0.05, 0) is 37.5 Å². The first kappa shape index (κ1) is 93.1. The van der Waals surface area contributed by atoms with Crippen LogP contribution in [-0.4, -0.2) is 96.7 Å². The van der Waals surface area contributed by atoms with Crippen LogP contribution < -0.4 is 0 Å². The quantitative estimate of drug-likeness (QED) is 0.0222. The predicted octanol–water partition coefficient (Wildman–Crippen LogP) is 22.3. The lowest BCUT2D eigenvalue weighted by molar-refractivity contribution is -0.161. The molecule has 17 nitrogen and oxygen atoms in total. The molecule has 564 valence electrons. The molecule has 0 rings (SSSR count). The predicted molar refractivity (Wildman–Crippen MR) is 386 cm³/mol. The van der Waals surface area contributed by atoms with E-state index in [0.29, 0.717) is 25.7 Å². The number of ether oxygens (including phenoxy) is 4. The van der Waals surface area contributed by atoms with Gasteiger partial charge in [-0.15, -0.1) is 0 Å². The van der Waals surface area contributed by atoms with Crippen molar-refractivity contribution in [3.63, 3.8) is 0 Å². The van der Waals surface area contributed by atoms with Gasteiger partial charge in [0.15, 0.2) is 12.2 Å². The fourth-order valence-corrected chi connectivity index (χ4v) is 13.2. The van der Waals surface area contributed by atoms with Crippen molar-refractivity contribution >= 4 is 39.5 Å². The summed E-state index contributed by atoms with van der Waals surface area (Å²) < 4.78 is 68.5. The molecule has 0 saturated carbocycles. The molecule has 0 saturated heterocycles. The van der Waals surface area contributed by atoms with Crippen LogP contribution in [0.1, 0.15) is 395 Å². The average Bonchev–Trinajstić information content (AvgIpc) is 2.07. The van der Waals surface area contributed by atoms with Crippen LogP contribution in [0.5, 0.6) is 0 Å². The maximum absolute atomic E-state index is 13.1. The molecular formula is C76H148O17P2. The molecule has 0 aromatic carbocycles. The van der Waals surface area contributed by atoms with Gasteiger partial charge in [0.1, 0.15) is 19.3 Å². The molecule has 0 aromatic heterocycles. The van der Waals surface area contributed by atoms with Crippen LogP contribution in [0.25, 0.3) is 0 Å². The molecule has 0 amide bonds. The molecule has 95 heavy (non-hydrogen) atoms. The summed E-state index contributed by atoms with van der Waals surface area (Å²) in [4.78, 5) is 72.8. The Morgan fingerprint density at radius 2 is 0.537 bits per heavy atom. The van der Waals surface area contributed by atoms with Crippen molar-refractivity contribution in [2.45, 2.75) is 413 Å². The minimum Gasteiger partial charge on any atom is -0.462 e. The zero-order chi connectivity index (χ0) is 70.0. The fourth-order valence-electron chi connectivity index (χ4n) is 11.6. The smallest absolute Gasteiger partial charge is 0.462 e. The Hall–Kier alpha value is -1.94. The lowest BCUT2D eigenvalue weighted by atomic mass is 9.99. The van der Waals surface area contributed by atoms with Gasteiger partial charge in [0, 0.05) is 25.7 Å². The van der Waals surface area contributed by atoms with Crippen molar-refractivity contribution in [1.29, 1.82) is 0 Å². The molecule has 0 bridgehead atoms. The highest BCUT2D eigenvalue weighted by Gasteiger charge is 2.30. The third kappa shape index (κ3) is 69.0. The highest BCUT2D eigenvalue weighted by Crippen LogP contribution is 2.45. The van der Waals surface area contributed by atoms with E-state index < -0.39 is 97.5 Å². The molecule has 3 N–H and O–H groups in total. The second-order valence-corrected chi connectivity index (χ2v) is 31.0. The highest BCUT2D eigenvalue weighted by atomic mass is 31.2. The fraction of sp³-hybridized carbons (Fsp3) is 0.947. The van der Waals surface area contributed by atoms with Gasteiger partial charge in [0.05, 0.1) is 26.4 Å². The van der Waals surface area contributed by atoms with Crippen molar-refractivity contribution in [3.8, 4) is 0 Å². The van der Waals surface area contributed by atoms with Crippen LogP contribution in [0.3, 0.4) is 0 Å². The number of aliphatic hydroxyl groups is 1. The summed E-state index contributed by atoms with van der Waals surface area (Å²) >= 11 is 0. The molecule has 19 heteroatoms. The molecule has 0 aliphatic rings. The molecule has 0 radical (unpaired) electrons. The molecule has 0 aromatic rings. The van der Waals surface area contributed by atoms with Gasteiger partial charge < -0.3 is 33.8 Å². The van der Waals surface area contributed by atoms with E-state index in [1.54, 1.807) is 0 Å². The Balaban J connectivity index is 5.24. The third-order valence-electron chi connectivity index (χ3n) is 18.1. The van der Waals surface area contributed by atoms with Crippen molar-refractivity contribution in [2.24, 2.45) is 11.8 Å². The number of hydrogen-bond acceptors (Lipinski definition) is 15. The van der Waals surface area contributed by atoms with Crippen molar-refractivity contribution < 1.29 is 80.2 Å². The standard InChI is InChI=1S/C76H148O17P2/c1-7-10-12-14-16-18-20-22-23-24-25-26-27-29-31-33-42-48-54-60-75(80)92-71(64-86-73(78)58-52-46-40-32-30-28-21-19-17-15-13-11-8-2)66-90-94(82,83)88-62-70(77)63-89-95(84,85)91-67-72(65-87-74(79)59-53-47-41-36-34-38-44-50-56-68(4)5)93-76(81)61-55-49-43-37-35-39-45-51-57-69(6)9-3/h68-72,77H,7-67H2,1-6H3,(H,82,83)(H,84,85)/t69?,70-,71-,72-/m1/s1. The summed E-state index contributed by atoms with van der Waals surface area (Å²) in [5, 5.41) is 10.6. The maximum Gasteiger partial charge on any atom is 0.472 e. The van der Waals surface area contributed by atoms with Crippen LogP contribution in [-0.2, 0) is 65.4 Å². The second-order valence-electron chi connectivity index (χ2n) is 28.1. The highest BCUT2D eigenvalue weighted by molar-refractivity contribution is 7.47. The molecular weight excluding hydrogens is 1250 g/mol. The first-order valence-corrected chi connectivity index (χ1v) is 42.5. The molecule has 3 unspecified atom stereocenters. The summed E-state index contributed by atoms with van der Waals surface area (Å²) in [6, 6.07) is 0. The van der Waals surface area contributed by atoms with E-state index in [9.17, 15) is 43.2 Å². The van der Waals surface area contributed by atoms with Gasteiger partial charge in [0.2, 0.25) is 0 Å². The molecule has 0 heterocycles. The van der Waals surface area contributed by atoms with Crippen molar-refractivity contribution in [2.75, 3.05) is 39.6 Å². The van der Waals surface area contributed by atoms with Crippen LogP contribution in [0.4, 0.5) is 0 Å². The number of hydrogen-bond donors (Lipinski definition) is 3. The first-order valence-electron chi connectivity index (χ1n) is 39.5. The zero-order valence-corrected chi connectivity index (χ0v) is 63.8. The first-order chi connectivity index (χ1) is 45.9. The van der Waals surface area contributed by atoms with Crippen LogP contribution in [0.15, 0.2) is 0 Å². The lowest BCUT2D eigenvalue weighted by Gasteiger charge is -2.21. The summed E-state index contributed by atoms with van der Waals surface area (Å²) in [5.74, 6) is -0.621. The van der Waals surface area contributed by atoms with Gasteiger partial charge in [-0.2, -0.15) is 0 Å². The molecule has 6 atom stereocenters. The number of phosphoric ester groups is 2. The minimum atomic E-state index is -4.96. The Labute approximate surface area is 581 Å². The van der Waals surface area contributed by atoms with Gasteiger partial charge in [-0.25, -0.2) is 9.13 Å². The Morgan fingerprint density at radius 1 is 0.305 bits per heavy atom. The average molecular weight is 1400 g/mol. The number of carbonyl (C=O) groups excluding carboxylic acids is 4. The SMILES string of the molecule is CCCCCCCCCCCCCCCCCCCCCC(=O)O[C@H](COC(=O)CCCCCCCCCCCCCCC)COP(=O)(O)OC[C@@H](O)COP(=O)(O)OC[C@@H](COC(=O)CCCCCCCCCCC(C)C)OC(=O)CCCCCCCCCCC(C)CC. The maximum atomic E-state index is 13.1. The topological polar surface area (TPSA) is 237 Å². The summed E-state index contributed by atoms with van der Waals surface area (Å²) in [6.45, 7) is 9.56. The summed E-state index contributed by atoms with van der Waals surface area (Å²) in [6.07, 6.45) is 55.5. The monoisotopic (exact) mass is 1400 g/mol. The van der Waals surface area contributed by atoms with E-state index in [4.69, 9.17) is 37.0 Å². The normalized spacial score (nSPS) is 14.3. The molecule has 0 aliphatic heterocycles. The number of rotatable bonds is 75. The van der Waals surface area contributed by atoms with E-state index in [2.05, 4.69) is 41.5 Å². The minimum absolute atomic E-state index is 0.105. The van der Waals surface area contributed by atoms with Gasteiger partial charge in [-0.3, -0.25) is 37.3 Å². The summed E-state index contributed by atoms with van der Waals surface area (Å²) in [7, 11) is -9.91. The Bertz CT molecular complexity index is 1840. The van der Waals surface area contributed by atoms with E-state index in [0.717, 1.165) is 102 Å². The van der Waals surface area contributed by atoms with E-state index in [1.165, 1.54) is 212 Å². The number of phosphoric acid groups is 2. The lowest BCUT2D eigenvalue weighted by Crippen LogP contribution is -2.30. The molecule has 0 aliphatic carbocycles. The van der Waals surface area contributed by atoms with Gasteiger partial charge >= 0.3 is 39.5 Å². The van der Waals surface area contributed by atoms with E-state index >= 15 is 0 Å². The van der Waals surface area contributed by atoms with Gasteiger partial charge in [0.25, 0.3) is 0 Å². The number of esters is 4. The third-order valence-corrected chi connectivity index (χ3v) is 20.0. The second kappa shape index (κ2) is 67.9. The zero-order valence-electron chi connectivity index (χ0n) is 62.0. The van der Waals surface area contributed by atoms with Crippen LogP contribution in [0.2, 0.25) is 0 Å². The Morgan fingerprint density at radius 3 is 0.800 bits per heavy atom. The van der Waals surface area contributed by atoms with E-state index in [-0.39, 0.29) is 25.7 Å².